The Bertz CT molecular complexity index is 355. The van der Waals surface area contributed by atoms with Gasteiger partial charge in [0.2, 0.25) is 0 Å². The third-order valence-electron chi connectivity index (χ3n) is 3.76. The van der Waals surface area contributed by atoms with Crippen molar-refractivity contribution in [3.05, 3.63) is 23.4 Å². The Hall–Kier alpha value is -1.09. The maximum atomic E-state index is 6.02. The molecule has 1 aromatic rings. The summed E-state index contributed by atoms with van der Waals surface area (Å²) in [4.78, 5) is 4.23. The fourth-order valence-electron chi connectivity index (χ4n) is 2.90. The summed E-state index contributed by atoms with van der Waals surface area (Å²) in [5.74, 6) is 1.32. The van der Waals surface area contributed by atoms with E-state index in [-0.39, 0.29) is 0 Å². The minimum atomic E-state index is 0.595. The van der Waals surface area contributed by atoms with E-state index in [9.17, 15) is 0 Å². The number of hydrogen-bond donors (Lipinski definition) is 2. The van der Waals surface area contributed by atoms with Gasteiger partial charge in [0.1, 0.15) is 5.82 Å². The van der Waals surface area contributed by atoms with Crippen LogP contribution in [-0.2, 0) is 0 Å². The highest BCUT2D eigenvalue weighted by Crippen LogP contribution is 2.38. The molecule has 1 fully saturated rings. The predicted octanol–water partition coefficient (Wildman–Crippen LogP) is 2.61. The summed E-state index contributed by atoms with van der Waals surface area (Å²) in [7, 11) is 0. The van der Waals surface area contributed by atoms with Gasteiger partial charge in [-0.15, -0.1) is 0 Å². The molecule has 1 aromatic heterocycles. The third kappa shape index (κ3) is 2.78. The summed E-state index contributed by atoms with van der Waals surface area (Å²) in [5, 5.41) is 3.61. The Kier molecular flexibility index (Phi) is 4.00. The highest BCUT2D eigenvalue weighted by molar-refractivity contribution is 5.46. The van der Waals surface area contributed by atoms with Crippen molar-refractivity contribution in [2.75, 3.05) is 12.3 Å². The van der Waals surface area contributed by atoms with Crippen molar-refractivity contribution < 1.29 is 0 Å². The second-order valence-corrected chi connectivity index (χ2v) is 5.09. The summed E-state index contributed by atoms with van der Waals surface area (Å²) >= 11 is 0. The lowest BCUT2D eigenvalue weighted by Crippen LogP contribution is -2.26. The molecule has 0 spiro atoms. The summed E-state index contributed by atoms with van der Waals surface area (Å²) < 4.78 is 0. The summed E-state index contributed by atoms with van der Waals surface area (Å²) in [6.45, 7) is 5.47. The number of rotatable bonds is 4. The number of anilines is 1. The van der Waals surface area contributed by atoms with Crippen LogP contribution in [0.25, 0.3) is 0 Å². The van der Waals surface area contributed by atoms with Crippen LogP contribution in [0.2, 0.25) is 0 Å². The molecular weight excluding hydrogens is 210 g/mol. The van der Waals surface area contributed by atoms with Crippen molar-refractivity contribution in [2.24, 2.45) is 0 Å². The highest BCUT2D eigenvalue weighted by atomic mass is 14.9. The number of hydrogen-bond acceptors (Lipinski definition) is 3. The van der Waals surface area contributed by atoms with E-state index in [4.69, 9.17) is 5.73 Å². The van der Waals surface area contributed by atoms with Gasteiger partial charge in [-0.3, -0.25) is 0 Å². The second-order valence-electron chi connectivity index (χ2n) is 5.09. The van der Waals surface area contributed by atoms with Crippen molar-refractivity contribution in [1.82, 2.24) is 10.3 Å². The van der Waals surface area contributed by atoms with Crippen molar-refractivity contribution in [3.8, 4) is 0 Å². The quantitative estimate of drug-likeness (QED) is 0.840. The van der Waals surface area contributed by atoms with E-state index in [1.54, 1.807) is 6.20 Å². The smallest absolute Gasteiger partial charge is 0.127 e. The van der Waals surface area contributed by atoms with E-state index >= 15 is 0 Å². The normalized spacial score (nSPS) is 24.1. The Morgan fingerprint density at radius 2 is 2.29 bits per heavy atom. The summed E-state index contributed by atoms with van der Waals surface area (Å²) in [6.07, 6.45) is 6.71. The van der Waals surface area contributed by atoms with E-state index in [0.29, 0.717) is 12.0 Å². The first-order chi connectivity index (χ1) is 8.22. The molecule has 94 valence electrons. The molecule has 0 amide bonds. The van der Waals surface area contributed by atoms with E-state index in [2.05, 4.69) is 30.2 Å². The average Bonchev–Trinajstić information content (AvgIpc) is 2.75. The maximum absolute atomic E-state index is 6.02. The maximum Gasteiger partial charge on any atom is 0.127 e. The van der Waals surface area contributed by atoms with Crippen LogP contribution in [0.15, 0.2) is 12.3 Å². The van der Waals surface area contributed by atoms with E-state index in [0.717, 1.165) is 12.4 Å². The highest BCUT2D eigenvalue weighted by Gasteiger charge is 2.27. The Labute approximate surface area is 104 Å². The number of aromatic nitrogens is 1. The lowest BCUT2D eigenvalue weighted by Gasteiger charge is -2.16. The van der Waals surface area contributed by atoms with Gasteiger partial charge in [0.05, 0.1) is 0 Å². The van der Waals surface area contributed by atoms with Gasteiger partial charge < -0.3 is 11.1 Å². The summed E-state index contributed by atoms with van der Waals surface area (Å²) in [6, 6.07) is 2.73. The standard InChI is InChI=1S/C14H23N3/c1-3-7-16-12-5-4-11(9-12)13-10(2)6-8-17-14(13)15/h6,8,11-12,16H,3-5,7,9H2,1-2H3,(H2,15,17). The molecule has 17 heavy (non-hydrogen) atoms. The molecule has 0 aliphatic heterocycles. The van der Waals surface area contributed by atoms with Crippen LogP contribution in [0.5, 0.6) is 0 Å². The van der Waals surface area contributed by atoms with Crippen LogP contribution >= 0.6 is 0 Å². The Morgan fingerprint density at radius 3 is 3.00 bits per heavy atom. The first kappa shape index (κ1) is 12.4. The van der Waals surface area contributed by atoms with Gasteiger partial charge in [-0.2, -0.15) is 0 Å². The third-order valence-corrected chi connectivity index (χ3v) is 3.76. The molecule has 1 heterocycles. The largest absolute Gasteiger partial charge is 0.383 e. The summed E-state index contributed by atoms with van der Waals surface area (Å²) in [5.41, 5.74) is 8.59. The van der Waals surface area contributed by atoms with Crippen molar-refractivity contribution in [2.45, 2.75) is 51.5 Å². The lowest BCUT2D eigenvalue weighted by molar-refractivity contribution is 0.517. The van der Waals surface area contributed by atoms with Crippen molar-refractivity contribution in [3.63, 3.8) is 0 Å². The molecule has 3 heteroatoms. The molecule has 1 aliphatic carbocycles. The van der Waals surface area contributed by atoms with Crippen LogP contribution in [0.1, 0.15) is 49.7 Å². The van der Waals surface area contributed by atoms with Crippen LogP contribution in [0.3, 0.4) is 0 Å². The van der Waals surface area contributed by atoms with Crippen LogP contribution in [0, 0.1) is 6.92 Å². The molecule has 2 rings (SSSR count). The number of pyridine rings is 1. The molecule has 3 N–H and O–H groups in total. The van der Waals surface area contributed by atoms with Gasteiger partial charge in [0.25, 0.3) is 0 Å². The minimum absolute atomic E-state index is 0.595. The molecule has 1 aliphatic rings. The van der Waals surface area contributed by atoms with Crippen molar-refractivity contribution in [1.29, 1.82) is 0 Å². The number of nitrogens with zero attached hydrogens (tertiary/aromatic N) is 1. The molecule has 0 radical (unpaired) electrons. The molecule has 0 saturated heterocycles. The van der Waals surface area contributed by atoms with Gasteiger partial charge in [-0.25, -0.2) is 4.98 Å². The van der Waals surface area contributed by atoms with Gasteiger partial charge in [0, 0.05) is 17.8 Å². The number of aryl methyl sites for hydroxylation is 1. The number of nitrogens with one attached hydrogen (secondary N) is 1. The SMILES string of the molecule is CCCNC1CCC(c2c(C)ccnc2N)C1. The van der Waals surface area contributed by atoms with Crippen LogP contribution in [0.4, 0.5) is 5.82 Å². The first-order valence-electron chi connectivity index (χ1n) is 6.66. The Balaban J connectivity index is 2.05. The van der Waals surface area contributed by atoms with Gasteiger partial charge in [0.15, 0.2) is 0 Å². The molecule has 0 bridgehead atoms. The molecule has 0 aromatic carbocycles. The van der Waals surface area contributed by atoms with Gasteiger partial charge in [-0.1, -0.05) is 6.92 Å². The number of nitrogens with two attached hydrogens (primary N) is 1. The number of nitrogen functional groups attached to an aromatic ring is 1. The zero-order valence-electron chi connectivity index (χ0n) is 10.9. The molecular formula is C14H23N3. The van der Waals surface area contributed by atoms with E-state index < -0.39 is 0 Å². The Morgan fingerprint density at radius 1 is 1.47 bits per heavy atom. The van der Waals surface area contributed by atoms with Crippen LogP contribution in [-0.4, -0.2) is 17.6 Å². The van der Waals surface area contributed by atoms with Crippen LogP contribution < -0.4 is 11.1 Å². The monoisotopic (exact) mass is 233 g/mol. The van der Waals surface area contributed by atoms with Gasteiger partial charge in [-0.05, 0) is 56.7 Å². The minimum Gasteiger partial charge on any atom is -0.383 e. The molecule has 2 unspecified atom stereocenters. The van der Waals surface area contributed by atoms with E-state index in [1.165, 1.54) is 36.8 Å². The molecule has 3 nitrogen and oxygen atoms in total. The fourth-order valence-corrected chi connectivity index (χ4v) is 2.90. The van der Waals surface area contributed by atoms with Crippen molar-refractivity contribution >= 4 is 5.82 Å². The first-order valence-corrected chi connectivity index (χ1v) is 6.66. The predicted molar refractivity (Wildman–Crippen MR) is 72.1 cm³/mol. The average molecular weight is 233 g/mol. The fraction of sp³-hybridized carbons (Fsp3) is 0.643. The molecule has 2 atom stereocenters. The second kappa shape index (κ2) is 5.50. The zero-order chi connectivity index (χ0) is 12.3. The van der Waals surface area contributed by atoms with Gasteiger partial charge >= 0.3 is 0 Å². The topological polar surface area (TPSA) is 50.9 Å². The zero-order valence-corrected chi connectivity index (χ0v) is 10.9. The van der Waals surface area contributed by atoms with E-state index in [1.807, 2.05) is 0 Å². The lowest BCUT2D eigenvalue weighted by atomic mass is 9.94. The molecule has 1 saturated carbocycles.